The number of hydrogen-bond acceptors (Lipinski definition) is 8. The van der Waals surface area contributed by atoms with Gasteiger partial charge in [-0.05, 0) is 26.8 Å². The molecule has 1 unspecified atom stereocenters. The summed E-state index contributed by atoms with van der Waals surface area (Å²) >= 11 is 1.39. The van der Waals surface area contributed by atoms with E-state index in [-0.39, 0.29) is 36.3 Å². The number of fused-ring (bicyclic) bond motifs is 1. The molecule has 164 valence electrons. The predicted octanol–water partition coefficient (Wildman–Crippen LogP) is 3.47. The second-order valence-corrected chi connectivity index (χ2v) is 9.43. The van der Waals surface area contributed by atoms with Crippen LogP contribution in [0.15, 0.2) is 23.2 Å². The Bertz CT molecular complexity index is 871. The summed E-state index contributed by atoms with van der Waals surface area (Å²) in [5.41, 5.74) is -1.93. The van der Waals surface area contributed by atoms with Crippen LogP contribution in [-0.4, -0.2) is 53.7 Å². The monoisotopic (exact) mass is 440 g/mol. The van der Waals surface area contributed by atoms with Crippen LogP contribution in [0.1, 0.15) is 32.8 Å². The van der Waals surface area contributed by atoms with Crippen LogP contribution in [-0.2, 0) is 24.5 Å². The lowest BCUT2D eigenvalue weighted by molar-refractivity contribution is -0.385. The first-order valence-electron chi connectivity index (χ1n) is 9.54. The van der Waals surface area contributed by atoms with Gasteiger partial charge in [-0.25, -0.2) is 4.39 Å². The molecule has 30 heavy (non-hydrogen) atoms. The van der Waals surface area contributed by atoms with Gasteiger partial charge in [-0.1, -0.05) is 0 Å². The largest absolute Gasteiger partial charge is 0.460 e. The molecule has 0 aliphatic carbocycles. The van der Waals surface area contributed by atoms with E-state index in [9.17, 15) is 19.3 Å². The van der Waals surface area contributed by atoms with E-state index in [0.717, 1.165) is 12.1 Å². The number of halogens is 1. The van der Waals surface area contributed by atoms with Crippen LogP contribution in [0.2, 0.25) is 0 Å². The molecule has 0 aromatic heterocycles. The van der Waals surface area contributed by atoms with E-state index in [4.69, 9.17) is 19.2 Å². The molecule has 1 saturated heterocycles. The number of esters is 1. The normalized spacial score (nSPS) is 26.1. The summed E-state index contributed by atoms with van der Waals surface area (Å²) in [7, 11) is 1.55. The molecular formula is C20H25FN2O6S. The van der Waals surface area contributed by atoms with Crippen LogP contribution >= 0.6 is 11.8 Å². The van der Waals surface area contributed by atoms with E-state index in [1.807, 2.05) is 0 Å². The smallest absolute Gasteiger partial charge is 0.312 e. The van der Waals surface area contributed by atoms with Crippen molar-refractivity contribution in [2.75, 3.05) is 26.1 Å². The van der Waals surface area contributed by atoms with Crippen molar-refractivity contribution in [3.8, 4) is 0 Å². The fourth-order valence-electron chi connectivity index (χ4n) is 3.78. The van der Waals surface area contributed by atoms with Crippen molar-refractivity contribution >= 4 is 28.5 Å². The number of nitro benzene ring substituents is 1. The lowest BCUT2D eigenvalue weighted by Gasteiger charge is -2.36. The van der Waals surface area contributed by atoms with Gasteiger partial charge in [-0.15, -0.1) is 11.8 Å². The number of carbonyl (C=O) groups is 1. The van der Waals surface area contributed by atoms with E-state index >= 15 is 0 Å². The lowest BCUT2D eigenvalue weighted by atomic mass is 9.78. The number of thioether (sulfide) groups is 1. The molecule has 0 bridgehead atoms. The average molecular weight is 440 g/mol. The van der Waals surface area contributed by atoms with Crippen molar-refractivity contribution in [1.82, 2.24) is 0 Å². The first kappa shape index (κ1) is 22.6. The number of benzene rings is 1. The fourth-order valence-corrected chi connectivity index (χ4v) is 5.09. The summed E-state index contributed by atoms with van der Waals surface area (Å²) < 4.78 is 31.4. The van der Waals surface area contributed by atoms with Gasteiger partial charge in [0.25, 0.3) is 5.69 Å². The number of nitrogens with zero attached hydrogens (tertiary/aromatic N) is 2. The quantitative estimate of drug-likeness (QED) is 0.379. The Labute approximate surface area is 178 Å². The molecule has 0 N–H and O–H groups in total. The number of ether oxygens (including phenoxy) is 3. The van der Waals surface area contributed by atoms with Crippen molar-refractivity contribution < 1.29 is 28.3 Å². The second-order valence-electron chi connectivity index (χ2n) is 8.34. The molecule has 3 atom stereocenters. The Kier molecular flexibility index (Phi) is 6.49. The molecule has 3 rings (SSSR count). The van der Waals surface area contributed by atoms with Gasteiger partial charge in [0.05, 0.1) is 35.7 Å². The molecule has 8 nitrogen and oxygen atoms in total. The van der Waals surface area contributed by atoms with Crippen molar-refractivity contribution in [3.05, 3.63) is 39.7 Å². The van der Waals surface area contributed by atoms with Crippen LogP contribution in [0.4, 0.5) is 10.1 Å². The summed E-state index contributed by atoms with van der Waals surface area (Å²) in [5.74, 6) is -0.785. The molecule has 0 spiro atoms. The molecule has 0 amide bonds. The number of carbonyl (C=O) groups excluding carboxylic acids is 1. The molecule has 1 fully saturated rings. The van der Waals surface area contributed by atoms with Gasteiger partial charge < -0.3 is 14.2 Å². The highest BCUT2D eigenvalue weighted by molar-refractivity contribution is 8.14. The highest BCUT2D eigenvalue weighted by Crippen LogP contribution is 2.49. The van der Waals surface area contributed by atoms with Gasteiger partial charge in [0.15, 0.2) is 0 Å². The number of non-ortho nitro benzene ring substituents is 1. The van der Waals surface area contributed by atoms with Crippen LogP contribution in [0.25, 0.3) is 0 Å². The van der Waals surface area contributed by atoms with Gasteiger partial charge in [-0.3, -0.25) is 19.9 Å². The van der Waals surface area contributed by atoms with Gasteiger partial charge in [-0.2, -0.15) is 0 Å². The number of aliphatic imine (C=N–C) groups is 1. The van der Waals surface area contributed by atoms with Crippen molar-refractivity contribution in [2.45, 2.75) is 44.4 Å². The Hall–Kier alpha value is -2.04. The molecule has 2 aliphatic heterocycles. The summed E-state index contributed by atoms with van der Waals surface area (Å²) in [5, 5.41) is 11.8. The van der Waals surface area contributed by atoms with Crippen molar-refractivity contribution in [1.29, 1.82) is 0 Å². The lowest BCUT2D eigenvalue weighted by Crippen LogP contribution is -2.42. The maximum absolute atomic E-state index is 14.9. The summed E-state index contributed by atoms with van der Waals surface area (Å²) in [6.07, 6.45) is -0.393. The molecule has 0 radical (unpaired) electrons. The third-order valence-electron chi connectivity index (χ3n) is 5.01. The Morgan fingerprint density at radius 3 is 2.83 bits per heavy atom. The molecule has 1 aromatic rings. The topological polar surface area (TPSA) is 100 Å². The maximum Gasteiger partial charge on any atom is 0.312 e. The van der Waals surface area contributed by atoms with Crippen molar-refractivity contribution in [3.63, 3.8) is 0 Å². The molecule has 1 aromatic carbocycles. The minimum atomic E-state index is -1.16. The molecular weight excluding hydrogens is 415 g/mol. The van der Waals surface area contributed by atoms with E-state index in [0.29, 0.717) is 17.4 Å². The van der Waals surface area contributed by atoms with Crippen LogP contribution < -0.4 is 0 Å². The zero-order valence-electron chi connectivity index (χ0n) is 17.3. The Balaban J connectivity index is 2.02. The number of rotatable bonds is 6. The first-order valence-corrected chi connectivity index (χ1v) is 10.5. The SMILES string of the molecule is COC[C@H]1OCC2(c3cc([N+](=O)[O-])ccc3F)N=C(CC(=O)OC(C)(C)C)SC[C@H]12. The van der Waals surface area contributed by atoms with Gasteiger partial charge in [0.1, 0.15) is 17.0 Å². The van der Waals surface area contributed by atoms with Crippen LogP contribution in [0, 0.1) is 21.8 Å². The van der Waals surface area contributed by atoms with Crippen LogP contribution in [0.5, 0.6) is 0 Å². The maximum atomic E-state index is 14.9. The molecule has 2 heterocycles. The summed E-state index contributed by atoms with van der Waals surface area (Å²) in [6, 6.07) is 3.41. The molecule has 10 heteroatoms. The van der Waals surface area contributed by atoms with E-state index in [1.54, 1.807) is 27.9 Å². The highest BCUT2D eigenvalue weighted by Gasteiger charge is 2.54. The minimum Gasteiger partial charge on any atom is -0.460 e. The van der Waals surface area contributed by atoms with Crippen LogP contribution in [0.3, 0.4) is 0 Å². The molecule has 0 saturated carbocycles. The second kappa shape index (κ2) is 8.60. The first-order chi connectivity index (χ1) is 14.1. The number of hydrogen-bond donors (Lipinski definition) is 0. The number of methoxy groups -OCH3 is 1. The summed E-state index contributed by atoms with van der Waals surface area (Å²) in [6.45, 7) is 5.66. The zero-order valence-corrected chi connectivity index (χ0v) is 18.2. The Morgan fingerprint density at radius 2 is 2.20 bits per heavy atom. The third kappa shape index (κ3) is 4.65. The van der Waals surface area contributed by atoms with Gasteiger partial charge >= 0.3 is 5.97 Å². The van der Waals surface area contributed by atoms with Gasteiger partial charge in [0, 0.05) is 36.5 Å². The van der Waals surface area contributed by atoms with E-state index in [2.05, 4.69) is 0 Å². The minimum absolute atomic E-state index is 0.0438. The third-order valence-corrected chi connectivity index (χ3v) is 6.10. The standard InChI is InChI=1S/C20H25FN2O6S/c1-19(2,3)29-18(24)8-17-22-20(11-28-16(9-27-4)14(20)10-30-17)13-7-12(23(25)26)5-6-15(13)21/h5-7,14,16H,8-11H2,1-4H3/t14-,16-,20?/m1/s1. The van der Waals surface area contributed by atoms with Gasteiger partial charge in [0.2, 0.25) is 0 Å². The van der Waals surface area contributed by atoms with E-state index < -0.39 is 27.8 Å². The average Bonchev–Trinajstić information content (AvgIpc) is 2.99. The van der Waals surface area contributed by atoms with Crippen molar-refractivity contribution in [2.24, 2.45) is 10.9 Å². The zero-order chi connectivity index (χ0) is 22.1. The molecule has 2 aliphatic rings. The van der Waals surface area contributed by atoms with E-state index in [1.165, 1.54) is 17.8 Å². The highest BCUT2D eigenvalue weighted by atomic mass is 32.2. The fraction of sp³-hybridized carbons (Fsp3) is 0.600. The summed E-state index contributed by atoms with van der Waals surface area (Å²) in [4.78, 5) is 27.8. The predicted molar refractivity (Wildman–Crippen MR) is 110 cm³/mol. The number of nitro groups is 1. The Morgan fingerprint density at radius 1 is 1.47 bits per heavy atom.